The van der Waals surface area contributed by atoms with Gasteiger partial charge in [-0.15, -0.1) is 0 Å². The summed E-state index contributed by atoms with van der Waals surface area (Å²) in [6, 6.07) is 3.55. The first-order valence-corrected chi connectivity index (χ1v) is 8.60. The van der Waals surface area contributed by atoms with Gasteiger partial charge in [-0.2, -0.15) is 14.9 Å². The molecular formula is C18H18ClN5O3. The Bertz CT molecular complexity index is 1080. The molecule has 2 N–H and O–H groups in total. The van der Waals surface area contributed by atoms with E-state index in [4.69, 9.17) is 16.8 Å². The van der Waals surface area contributed by atoms with E-state index in [1.54, 1.807) is 12.1 Å². The number of oxime groups is 1. The predicted octanol–water partition coefficient (Wildman–Crippen LogP) is 2.76. The minimum atomic E-state index is -0.528. The van der Waals surface area contributed by atoms with Gasteiger partial charge in [0.05, 0.1) is 23.1 Å². The van der Waals surface area contributed by atoms with Crippen molar-refractivity contribution in [3.05, 3.63) is 62.3 Å². The van der Waals surface area contributed by atoms with Crippen molar-refractivity contribution in [1.82, 2.24) is 19.6 Å². The fourth-order valence-electron chi connectivity index (χ4n) is 3.04. The normalized spacial score (nSPS) is 11.4. The Hall–Kier alpha value is -3.13. The lowest BCUT2D eigenvalue weighted by molar-refractivity contribution is 0.322. The second-order valence-corrected chi connectivity index (χ2v) is 6.50. The Morgan fingerprint density at radius 3 is 2.44 bits per heavy atom. The molecule has 0 amide bonds. The number of halogens is 1. The van der Waals surface area contributed by atoms with E-state index in [2.05, 4.69) is 15.4 Å². The summed E-state index contributed by atoms with van der Waals surface area (Å²) < 4.78 is 2.50. The molecule has 0 bridgehead atoms. The highest BCUT2D eigenvalue weighted by Gasteiger charge is 2.21. The summed E-state index contributed by atoms with van der Waals surface area (Å²) in [4.78, 5) is 13.2. The molecule has 0 aliphatic heterocycles. The lowest BCUT2D eigenvalue weighted by Gasteiger charge is -2.16. The summed E-state index contributed by atoms with van der Waals surface area (Å²) in [5.41, 5.74) is 2.61. The second-order valence-electron chi connectivity index (χ2n) is 6.07. The highest BCUT2D eigenvalue weighted by molar-refractivity contribution is 6.30. The molecule has 0 aliphatic carbocycles. The first-order valence-electron chi connectivity index (χ1n) is 8.22. The van der Waals surface area contributed by atoms with Gasteiger partial charge in [-0.25, -0.2) is 4.68 Å². The van der Waals surface area contributed by atoms with Crippen LogP contribution < -0.4 is 5.56 Å². The van der Waals surface area contributed by atoms with Gasteiger partial charge in [0, 0.05) is 6.20 Å². The third kappa shape index (κ3) is 3.31. The maximum atomic E-state index is 13.2. The van der Waals surface area contributed by atoms with Crippen LogP contribution in [0, 0.1) is 13.8 Å². The van der Waals surface area contributed by atoms with Crippen LogP contribution in [0.25, 0.3) is 11.4 Å². The zero-order valence-corrected chi connectivity index (χ0v) is 15.8. The summed E-state index contributed by atoms with van der Waals surface area (Å²) in [6.45, 7) is 5.49. The quantitative estimate of drug-likeness (QED) is 0.407. The van der Waals surface area contributed by atoms with E-state index in [0.717, 1.165) is 11.1 Å². The molecule has 2 heterocycles. The maximum Gasteiger partial charge on any atom is 0.301 e. The third-order valence-electron chi connectivity index (χ3n) is 4.16. The topological polar surface area (TPSA) is 106 Å². The summed E-state index contributed by atoms with van der Waals surface area (Å²) in [5.74, 6) is -0.224. The van der Waals surface area contributed by atoms with Gasteiger partial charge in [-0.05, 0) is 49.1 Å². The van der Waals surface area contributed by atoms with E-state index >= 15 is 0 Å². The van der Waals surface area contributed by atoms with Gasteiger partial charge in [-0.3, -0.25) is 4.79 Å². The highest BCUT2D eigenvalue weighted by atomic mass is 35.5. The van der Waals surface area contributed by atoms with E-state index in [9.17, 15) is 9.90 Å². The fraction of sp³-hybridized carbons (Fsp3) is 0.222. The molecule has 0 saturated carbocycles. The Balaban J connectivity index is 2.34. The molecule has 0 fully saturated rings. The van der Waals surface area contributed by atoms with Crippen molar-refractivity contribution in [2.45, 2.75) is 27.2 Å². The van der Waals surface area contributed by atoms with Crippen molar-refractivity contribution >= 4 is 17.8 Å². The van der Waals surface area contributed by atoms with E-state index < -0.39 is 5.56 Å². The van der Waals surface area contributed by atoms with Crippen LogP contribution in [0.5, 0.6) is 5.75 Å². The van der Waals surface area contributed by atoms with E-state index in [0.29, 0.717) is 28.4 Å². The lowest BCUT2D eigenvalue weighted by Crippen LogP contribution is -2.28. The Morgan fingerprint density at radius 1 is 1.26 bits per heavy atom. The smallest absolute Gasteiger partial charge is 0.301 e. The molecule has 0 saturated heterocycles. The molecule has 3 aromatic rings. The SMILES string of the molecule is CCc1nn(-c2c(C)cc(/C=N/O)cc2C)c(=O)c(-n2cc(Cl)cn2)c1O. The molecular weight excluding hydrogens is 370 g/mol. The van der Waals surface area contributed by atoms with Crippen LogP contribution in [0.4, 0.5) is 0 Å². The number of aryl methyl sites for hydroxylation is 3. The van der Waals surface area contributed by atoms with Gasteiger partial charge >= 0.3 is 5.56 Å². The largest absolute Gasteiger partial charge is 0.504 e. The first-order chi connectivity index (χ1) is 12.9. The number of rotatable bonds is 4. The van der Waals surface area contributed by atoms with Crippen molar-refractivity contribution in [3.8, 4) is 17.1 Å². The molecule has 0 radical (unpaired) electrons. The number of benzene rings is 1. The number of aromatic hydroxyl groups is 1. The molecule has 1 aromatic carbocycles. The highest BCUT2D eigenvalue weighted by Crippen LogP contribution is 2.25. The minimum absolute atomic E-state index is 0.0199. The van der Waals surface area contributed by atoms with Crippen LogP contribution >= 0.6 is 11.6 Å². The molecule has 0 unspecified atom stereocenters. The summed E-state index contributed by atoms with van der Waals surface area (Å²) in [5, 5.41) is 31.0. The molecule has 0 atom stereocenters. The molecule has 3 rings (SSSR count). The van der Waals surface area contributed by atoms with Crippen molar-refractivity contribution in [3.63, 3.8) is 0 Å². The first kappa shape index (κ1) is 18.7. The molecule has 140 valence electrons. The van der Waals surface area contributed by atoms with E-state index in [1.165, 1.54) is 28.0 Å². The monoisotopic (exact) mass is 387 g/mol. The number of hydrogen-bond donors (Lipinski definition) is 2. The van der Waals surface area contributed by atoms with Crippen molar-refractivity contribution in [1.29, 1.82) is 0 Å². The predicted molar refractivity (Wildman–Crippen MR) is 102 cm³/mol. The number of hydrogen-bond acceptors (Lipinski definition) is 6. The Labute approximate surface area is 159 Å². The minimum Gasteiger partial charge on any atom is -0.504 e. The molecule has 9 heteroatoms. The van der Waals surface area contributed by atoms with Crippen LogP contribution in [0.1, 0.15) is 29.3 Å². The zero-order valence-electron chi connectivity index (χ0n) is 15.0. The van der Waals surface area contributed by atoms with Crippen molar-refractivity contribution in [2.75, 3.05) is 0 Å². The fourth-order valence-corrected chi connectivity index (χ4v) is 3.17. The average Bonchev–Trinajstić information content (AvgIpc) is 3.02. The zero-order chi connectivity index (χ0) is 19.7. The Kier molecular flexibility index (Phi) is 5.00. The van der Waals surface area contributed by atoms with Crippen molar-refractivity contribution in [2.24, 2.45) is 5.16 Å². The van der Waals surface area contributed by atoms with Crippen LogP contribution in [0.3, 0.4) is 0 Å². The summed E-state index contributed by atoms with van der Waals surface area (Å²) >= 11 is 5.92. The molecule has 0 aliphatic rings. The second kappa shape index (κ2) is 7.24. The van der Waals surface area contributed by atoms with Crippen LogP contribution in [-0.4, -0.2) is 36.1 Å². The average molecular weight is 388 g/mol. The van der Waals surface area contributed by atoms with Gasteiger partial charge in [0.2, 0.25) is 0 Å². The van der Waals surface area contributed by atoms with E-state index in [-0.39, 0.29) is 11.4 Å². The molecule has 8 nitrogen and oxygen atoms in total. The Morgan fingerprint density at radius 2 is 1.93 bits per heavy atom. The summed E-state index contributed by atoms with van der Waals surface area (Å²) in [6.07, 6.45) is 4.56. The van der Waals surface area contributed by atoms with E-state index in [1.807, 2.05) is 20.8 Å². The standard InChI is InChI=1S/C18H18ClN5O3/c1-4-14-17(25)16(23-9-13(19)8-20-23)18(26)24(22-14)15-10(2)5-12(7-21-27)6-11(15)3/h5-9,25,27H,4H2,1-3H3/b21-7+. The molecule has 2 aromatic heterocycles. The molecule has 0 spiro atoms. The van der Waals surface area contributed by atoms with Gasteiger partial charge in [0.25, 0.3) is 0 Å². The molecule has 27 heavy (non-hydrogen) atoms. The van der Waals surface area contributed by atoms with Gasteiger partial charge in [0.15, 0.2) is 11.4 Å². The van der Waals surface area contributed by atoms with Crippen LogP contribution in [0.2, 0.25) is 5.02 Å². The summed E-state index contributed by atoms with van der Waals surface area (Å²) in [7, 11) is 0. The van der Waals surface area contributed by atoms with Crippen LogP contribution in [-0.2, 0) is 6.42 Å². The maximum absolute atomic E-state index is 13.2. The van der Waals surface area contributed by atoms with Gasteiger partial charge in [0.1, 0.15) is 5.69 Å². The van der Waals surface area contributed by atoms with Gasteiger partial charge in [-0.1, -0.05) is 23.7 Å². The third-order valence-corrected chi connectivity index (χ3v) is 4.36. The number of aromatic nitrogens is 4. The van der Waals surface area contributed by atoms with Gasteiger partial charge < -0.3 is 10.3 Å². The van der Waals surface area contributed by atoms with Crippen LogP contribution in [0.15, 0.2) is 34.5 Å². The lowest BCUT2D eigenvalue weighted by atomic mass is 10.0. The number of nitrogens with zero attached hydrogens (tertiary/aromatic N) is 5. The van der Waals surface area contributed by atoms with Crippen molar-refractivity contribution < 1.29 is 10.3 Å².